The quantitative estimate of drug-likeness (QED) is 0.787. The van der Waals surface area contributed by atoms with Crippen molar-refractivity contribution in [3.63, 3.8) is 0 Å². The van der Waals surface area contributed by atoms with Gasteiger partial charge in [0, 0.05) is 12.6 Å². The monoisotopic (exact) mass is 203 g/mol. The molecule has 0 aliphatic carbocycles. The molecule has 15 heavy (non-hydrogen) atoms. The minimum Gasteiger partial charge on any atom is -0.306 e. The minimum atomic E-state index is 0.603. The number of benzene rings is 1. The zero-order valence-corrected chi connectivity index (χ0v) is 9.79. The molecular weight excluding hydrogens is 182 g/mol. The van der Waals surface area contributed by atoms with Gasteiger partial charge in [0.1, 0.15) is 0 Å². The van der Waals surface area contributed by atoms with Gasteiger partial charge in [0.2, 0.25) is 0 Å². The van der Waals surface area contributed by atoms with E-state index in [0.717, 1.165) is 12.5 Å². The van der Waals surface area contributed by atoms with Crippen LogP contribution in [0.15, 0.2) is 24.3 Å². The smallest absolute Gasteiger partial charge is 0.0329 e. The van der Waals surface area contributed by atoms with Crippen LogP contribution in [0.4, 0.5) is 0 Å². The molecule has 1 heteroatoms. The molecule has 0 saturated heterocycles. The van der Waals surface area contributed by atoms with Crippen LogP contribution in [0.5, 0.6) is 0 Å². The molecular formula is C14H21N. The van der Waals surface area contributed by atoms with Crippen LogP contribution in [0, 0.1) is 5.92 Å². The lowest BCUT2D eigenvalue weighted by atomic mass is 9.91. The second-order valence-corrected chi connectivity index (χ2v) is 4.55. The van der Waals surface area contributed by atoms with E-state index in [9.17, 15) is 0 Å². The third-order valence-electron chi connectivity index (χ3n) is 3.69. The topological polar surface area (TPSA) is 12.0 Å². The first-order valence-corrected chi connectivity index (χ1v) is 6.16. The van der Waals surface area contributed by atoms with E-state index < -0.39 is 0 Å². The molecule has 1 aliphatic heterocycles. The second-order valence-electron chi connectivity index (χ2n) is 4.55. The lowest BCUT2D eigenvalue weighted by Crippen LogP contribution is -2.15. The van der Waals surface area contributed by atoms with E-state index in [1.807, 2.05) is 0 Å². The Labute approximate surface area is 92.9 Å². The molecule has 1 N–H and O–H groups in total. The Morgan fingerprint density at radius 2 is 2.00 bits per heavy atom. The van der Waals surface area contributed by atoms with Gasteiger partial charge in [0.15, 0.2) is 0 Å². The van der Waals surface area contributed by atoms with Crippen molar-refractivity contribution in [3.05, 3.63) is 35.4 Å². The van der Waals surface area contributed by atoms with Gasteiger partial charge in [-0.25, -0.2) is 0 Å². The highest BCUT2D eigenvalue weighted by Gasteiger charge is 2.22. The van der Waals surface area contributed by atoms with Crippen LogP contribution >= 0.6 is 0 Å². The molecule has 1 unspecified atom stereocenters. The molecule has 1 atom stereocenters. The number of fused-ring (bicyclic) bond motifs is 1. The lowest BCUT2D eigenvalue weighted by Gasteiger charge is -2.18. The molecule has 0 fully saturated rings. The summed E-state index contributed by atoms with van der Waals surface area (Å²) < 4.78 is 0. The number of nitrogens with one attached hydrogen (secondary N) is 1. The third-order valence-corrected chi connectivity index (χ3v) is 3.69. The molecule has 1 aromatic rings. The summed E-state index contributed by atoms with van der Waals surface area (Å²) in [6.07, 6.45) is 3.90. The van der Waals surface area contributed by atoms with Crippen LogP contribution < -0.4 is 5.32 Å². The molecule has 1 heterocycles. The average Bonchev–Trinajstić information content (AvgIpc) is 2.69. The largest absolute Gasteiger partial charge is 0.306 e. The maximum absolute atomic E-state index is 3.62. The fraction of sp³-hybridized carbons (Fsp3) is 0.571. The summed E-state index contributed by atoms with van der Waals surface area (Å²) in [5.41, 5.74) is 3.03. The molecule has 0 bridgehead atoms. The molecule has 1 nitrogen and oxygen atoms in total. The van der Waals surface area contributed by atoms with Gasteiger partial charge in [-0.3, -0.25) is 0 Å². The highest BCUT2D eigenvalue weighted by atomic mass is 14.9. The molecule has 0 radical (unpaired) electrons. The number of hydrogen-bond donors (Lipinski definition) is 1. The van der Waals surface area contributed by atoms with Gasteiger partial charge in [0.05, 0.1) is 0 Å². The first-order chi connectivity index (χ1) is 7.35. The van der Waals surface area contributed by atoms with Crippen LogP contribution in [0.25, 0.3) is 0 Å². The Hall–Kier alpha value is -0.820. The normalized spacial score (nSPS) is 19.5. The zero-order valence-electron chi connectivity index (χ0n) is 9.79. The summed E-state index contributed by atoms with van der Waals surface area (Å²) in [5, 5.41) is 3.62. The Balaban J connectivity index is 2.07. The Bertz CT molecular complexity index is 315. The second kappa shape index (κ2) is 4.80. The van der Waals surface area contributed by atoms with E-state index in [-0.39, 0.29) is 0 Å². The van der Waals surface area contributed by atoms with E-state index in [4.69, 9.17) is 0 Å². The summed E-state index contributed by atoms with van der Waals surface area (Å²) in [6, 6.07) is 9.43. The van der Waals surface area contributed by atoms with Gasteiger partial charge >= 0.3 is 0 Å². The SMILES string of the molecule is CCC(CC)CC1NCc2ccccc21. The maximum atomic E-state index is 3.62. The van der Waals surface area contributed by atoms with Crippen LogP contribution in [-0.4, -0.2) is 0 Å². The van der Waals surface area contributed by atoms with E-state index in [1.54, 1.807) is 0 Å². The highest BCUT2D eigenvalue weighted by Crippen LogP contribution is 2.31. The third kappa shape index (κ3) is 2.23. The van der Waals surface area contributed by atoms with Crippen molar-refractivity contribution in [1.29, 1.82) is 0 Å². The Morgan fingerprint density at radius 1 is 1.27 bits per heavy atom. The Kier molecular flexibility index (Phi) is 3.42. The molecule has 1 aromatic carbocycles. The van der Waals surface area contributed by atoms with E-state index in [1.165, 1.54) is 30.4 Å². The summed E-state index contributed by atoms with van der Waals surface area (Å²) in [6.45, 7) is 5.66. The minimum absolute atomic E-state index is 0.603. The van der Waals surface area contributed by atoms with Gasteiger partial charge in [0.25, 0.3) is 0 Å². The van der Waals surface area contributed by atoms with Crippen LogP contribution in [0.3, 0.4) is 0 Å². The van der Waals surface area contributed by atoms with Crippen LogP contribution in [0.1, 0.15) is 50.3 Å². The van der Waals surface area contributed by atoms with E-state index >= 15 is 0 Å². The summed E-state index contributed by atoms with van der Waals surface area (Å²) in [4.78, 5) is 0. The van der Waals surface area contributed by atoms with Crippen molar-refractivity contribution in [1.82, 2.24) is 5.32 Å². The van der Waals surface area contributed by atoms with Gasteiger partial charge in [-0.05, 0) is 23.5 Å². The fourth-order valence-corrected chi connectivity index (χ4v) is 2.54. The predicted octanol–water partition coefficient (Wildman–Crippen LogP) is 3.66. The zero-order chi connectivity index (χ0) is 10.7. The molecule has 0 amide bonds. The van der Waals surface area contributed by atoms with Crippen molar-refractivity contribution in [2.24, 2.45) is 5.92 Å². The van der Waals surface area contributed by atoms with Crippen molar-refractivity contribution >= 4 is 0 Å². The van der Waals surface area contributed by atoms with Crippen molar-refractivity contribution in [2.75, 3.05) is 0 Å². The maximum Gasteiger partial charge on any atom is 0.0329 e. The van der Waals surface area contributed by atoms with Crippen LogP contribution in [-0.2, 0) is 6.54 Å². The first kappa shape index (κ1) is 10.7. The predicted molar refractivity (Wildman–Crippen MR) is 64.7 cm³/mol. The summed E-state index contributed by atoms with van der Waals surface area (Å²) in [7, 11) is 0. The van der Waals surface area contributed by atoms with Crippen molar-refractivity contribution in [2.45, 2.75) is 45.7 Å². The average molecular weight is 203 g/mol. The van der Waals surface area contributed by atoms with E-state index in [0.29, 0.717) is 6.04 Å². The fourth-order valence-electron chi connectivity index (χ4n) is 2.54. The molecule has 2 rings (SSSR count). The standard InChI is InChI=1S/C14H21N/c1-3-11(4-2)9-14-13-8-6-5-7-12(13)10-15-14/h5-8,11,14-15H,3-4,9-10H2,1-2H3. The Morgan fingerprint density at radius 3 is 2.73 bits per heavy atom. The summed E-state index contributed by atoms with van der Waals surface area (Å²) in [5.74, 6) is 0.869. The first-order valence-electron chi connectivity index (χ1n) is 6.16. The lowest BCUT2D eigenvalue weighted by molar-refractivity contribution is 0.385. The van der Waals surface area contributed by atoms with E-state index in [2.05, 4.69) is 43.4 Å². The molecule has 1 aliphatic rings. The van der Waals surface area contributed by atoms with Gasteiger partial charge in [-0.2, -0.15) is 0 Å². The molecule has 0 aromatic heterocycles. The van der Waals surface area contributed by atoms with Gasteiger partial charge < -0.3 is 5.32 Å². The molecule has 82 valence electrons. The number of hydrogen-bond acceptors (Lipinski definition) is 1. The number of rotatable bonds is 4. The van der Waals surface area contributed by atoms with Crippen LogP contribution in [0.2, 0.25) is 0 Å². The van der Waals surface area contributed by atoms with Crippen molar-refractivity contribution < 1.29 is 0 Å². The highest BCUT2D eigenvalue weighted by molar-refractivity contribution is 5.33. The van der Waals surface area contributed by atoms with Crippen molar-refractivity contribution in [3.8, 4) is 0 Å². The molecule has 0 spiro atoms. The summed E-state index contributed by atoms with van der Waals surface area (Å²) >= 11 is 0. The molecule has 0 saturated carbocycles. The van der Waals surface area contributed by atoms with Gasteiger partial charge in [-0.1, -0.05) is 51.0 Å². The van der Waals surface area contributed by atoms with Gasteiger partial charge in [-0.15, -0.1) is 0 Å².